The summed E-state index contributed by atoms with van der Waals surface area (Å²) in [5.74, 6) is 1.70. The molecule has 2 aliphatic heterocycles. The molecule has 1 aromatic rings. The van der Waals surface area contributed by atoms with Crippen molar-refractivity contribution in [2.45, 2.75) is 32.2 Å². The fraction of sp³-hybridized carbons (Fsp3) is 0.800. The highest BCUT2D eigenvalue weighted by Crippen LogP contribution is 2.31. The van der Waals surface area contributed by atoms with Crippen LogP contribution < -0.4 is 0 Å². The van der Waals surface area contributed by atoms with Gasteiger partial charge in [-0.2, -0.15) is 5.10 Å². The summed E-state index contributed by atoms with van der Waals surface area (Å²) in [7, 11) is 0. The molecule has 1 aromatic heterocycles. The van der Waals surface area contributed by atoms with E-state index < -0.39 is 4.92 Å². The maximum absolute atomic E-state index is 10.6. The Morgan fingerprint density at radius 3 is 2.50 bits per heavy atom. The summed E-state index contributed by atoms with van der Waals surface area (Å²) >= 11 is 0. The molecule has 0 saturated carbocycles. The third-order valence-electron chi connectivity index (χ3n) is 5.04. The summed E-state index contributed by atoms with van der Waals surface area (Å²) in [4.78, 5) is 12.7. The Kier molecular flexibility index (Phi) is 5.04. The van der Waals surface area contributed by atoms with Crippen LogP contribution >= 0.6 is 0 Å². The van der Waals surface area contributed by atoms with Crippen molar-refractivity contribution in [3.8, 4) is 0 Å². The van der Waals surface area contributed by atoms with Gasteiger partial charge >= 0.3 is 5.69 Å². The van der Waals surface area contributed by atoms with Crippen molar-refractivity contribution in [3.05, 3.63) is 22.5 Å². The van der Waals surface area contributed by atoms with Crippen molar-refractivity contribution in [2.24, 2.45) is 11.8 Å². The lowest BCUT2D eigenvalue weighted by Crippen LogP contribution is -2.39. The molecular weight excluding hydrogens is 284 g/mol. The Morgan fingerprint density at radius 1 is 1.18 bits per heavy atom. The van der Waals surface area contributed by atoms with E-state index in [1.807, 2.05) is 0 Å². The van der Waals surface area contributed by atoms with E-state index in [9.17, 15) is 10.1 Å². The summed E-state index contributed by atoms with van der Waals surface area (Å²) in [6.45, 7) is 5.76. The molecule has 0 spiro atoms. The highest BCUT2D eigenvalue weighted by molar-refractivity contribution is 5.20. The number of hydrogen-bond acceptors (Lipinski definition) is 5. The van der Waals surface area contributed by atoms with Crippen molar-refractivity contribution < 1.29 is 9.66 Å². The molecular formula is C15H24N4O3. The normalized spacial score (nSPS) is 22.0. The molecule has 7 heteroatoms. The molecule has 2 aliphatic rings. The fourth-order valence-electron chi connectivity index (χ4n) is 3.65. The molecule has 3 rings (SSSR count). The van der Waals surface area contributed by atoms with Gasteiger partial charge in [0.15, 0.2) is 0 Å². The second-order valence-corrected chi connectivity index (χ2v) is 6.35. The van der Waals surface area contributed by atoms with Crippen LogP contribution in [0.1, 0.15) is 25.7 Å². The number of likely N-dealkylation sites (tertiary alicyclic amines) is 1. The molecule has 7 nitrogen and oxygen atoms in total. The van der Waals surface area contributed by atoms with Gasteiger partial charge in [0.25, 0.3) is 0 Å². The van der Waals surface area contributed by atoms with E-state index in [4.69, 9.17) is 4.74 Å². The molecule has 0 bridgehead atoms. The van der Waals surface area contributed by atoms with Gasteiger partial charge in [-0.15, -0.1) is 0 Å². The number of nitro groups is 1. The van der Waals surface area contributed by atoms with Crippen LogP contribution in [0.15, 0.2) is 12.4 Å². The van der Waals surface area contributed by atoms with Crippen molar-refractivity contribution in [1.29, 1.82) is 0 Å². The van der Waals surface area contributed by atoms with Crippen LogP contribution in [0.25, 0.3) is 0 Å². The van der Waals surface area contributed by atoms with Crippen LogP contribution in [-0.4, -0.2) is 52.5 Å². The number of ether oxygens (including phenoxy) is 1. The van der Waals surface area contributed by atoms with Gasteiger partial charge in [0.2, 0.25) is 0 Å². The fourth-order valence-corrected chi connectivity index (χ4v) is 3.65. The van der Waals surface area contributed by atoms with Crippen molar-refractivity contribution in [3.63, 3.8) is 0 Å². The molecule has 0 aromatic carbocycles. The third kappa shape index (κ3) is 3.84. The summed E-state index contributed by atoms with van der Waals surface area (Å²) in [6, 6.07) is 0. The van der Waals surface area contributed by atoms with E-state index in [1.165, 1.54) is 38.1 Å². The van der Waals surface area contributed by atoms with Crippen molar-refractivity contribution in [2.75, 3.05) is 32.8 Å². The number of hydrogen-bond donors (Lipinski definition) is 0. The largest absolute Gasteiger partial charge is 0.381 e. The van der Waals surface area contributed by atoms with Gasteiger partial charge in [-0.05, 0) is 50.6 Å². The van der Waals surface area contributed by atoms with Crippen LogP contribution in [0.2, 0.25) is 0 Å². The molecule has 0 radical (unpaired) electrons. The highest BCUT2D eigenvalue weighted by Gasteiger charge is 2.27. The van der Waals surface area contributed by atoms with E-state index >= 15 is 0 Å². The topological polar surface area (TPSA) is 73.4 Å². The Hall–Kier alpha value is -1.47. The summed E-state index contributed by atoms with van der Waals surface area (Å²) in [6.07, 6.45) is 7.81. The van der Waals surface area contributed by atoms with Crippen LogP contribution in [-0.2, 0) is 11.3 Å². The third-order valence-corrected chi connectivity index (χ3v) is 5.04. The zero-order valence-electron chi connectivity index (χ0n) is 12.9. The molecule has 0 aliphatic carbocycles. The van der Waals surface area contributed by atoms with E-state index in [1.54, 1.807) is 4.68 Å². The Balaban J connectivity index is 1.40. The molecule has 0 N–H and O–H groups in total. The first kappa shape index (κ1) is 15.4. The molecule has 3 heterocycles. The lowest BCUT2D eigenvalue weighted by Gasteiger charge is -2.37. The smallest absolute Gasteiger partial charge is 0.306 e. The Bertz CT molecular complexity index is 491. The van der Waals surface area contributed by atoms with Gasteiger partial charge in [0.05, 0.1) is 11.5 Å². The maximum Gasteiger partial charge on any atom is 0.306 e. The standard InChI is InChI=1S/C15H24N4O3/c20-19(21)15-11-16-18(12-15)8-7-17-5-1-13(2-6-17)14-3-9-22-10-4-14/h11-14H,1-10H2. The predicted octanol–water partition coefficient (Wildman–Crippen LogP) is 1.93. The van der Waals surface area contributed by atoms with E-state index in [0.29, 0.717) is 0 Å². The predicted molar refractivity (Wildman–Crippen MR) is 81.6 cm³/mol. The lowest BCUT2D eigenvalue weighted by molar-refractivity contribution is -0.385. The average molecular weight is 308 g/mol. The Morgan fingerprint density at radius 2 is 1.86 bits per heavy atom. The van der Waals surface area contributed by atoms with Gasteiger partial charge in [-0.1, -0.05) is 0 Å². The molecule has 2 fully saturated rings. The molecule has 0 amide bonds. The van der Waals surface area contributed by atoms with Crippen molar-refractivity contribution in [1.82, 2.24) is 14.7 Å². The van der Waals surface area contributed by atoms with E-state index in [0.717, 1.165) is 51.2 Å². The first-order chi connectivity index (χ1) is 10.7. The first-order valence-corrected chi connectivity index (χ1v) is 8.19. The first-order valence-electron chi connectivity index (χ1n) is 8.19. The molecule has 122 valence electrons. The van der Waals surface area contributed by atoms with Gasteiger partial charge in [-0.25, -0.2) is 0 Å². The quantitative estimate of drug-likeness (QED) is 0.614. The van der Waals surface area contributed by atoms with Gasteiger partial charge in [0, 0.05) is 19.8 Å². The summed E-state index contributed by atoms with van der Waals surface area (Å²) in [5, 5.41) is 14.7. The van der Waals surface area contributed by atoms with E-state index in [2.05, 4.69) is 10.00 Å². The Labute approximate surface area is 130 Å². The van der Waals surface area contributed by atoms with Crippen LogP contribution in [0.3, 0.4) is 0 Å². The number of aromatic nitrogens is 2. The molecule has 0 atom stereocenters. The molecule has 2 saturated heterocycles. The number of rotatable bonds is 5. The number of nitrogens with zero attached hydrogens (tertiary/aromatic N) is 4. The van der Waals surface area contributed by atoms with Crippen LogP contribution in [0, 0.1) is 22.0 Å². The zero-order chi connectivity index (χ0) is 15.4. The van der Waals surface area contributed by atoms with Gasteiger partial charge < -0.3 is 9.64 Å². The summed E-state index contributed by atoms with van der Waals surface area (Å²) < 4.78 is 7.12. The SMILES string of the molecule is O=[N+]([O-])c1cnn(CCN2CCC(C3CCOCC3)CC2)c1. The van der Waals surface area contributed by atoms with Crippen molar-refractivity contribution >= 4 is 5.69 Å². The van der Waals surface area contributed by atoms with Gasteiger partial charge in [0.1, 0.15) is 12.4 Å². The minimum atomic E-state index is -0.400. The highest BCUT2D eigenvalue weighted by atomic mass is 16.6. The number of piperidine rings is 1. The van der Waals surface area contributed by atoms with Crippen LogP contribution in [0.4, 0.5) is 5.69 Å². The van der Waals surface area contributed by atoms with Crippen LogP contribution in [0.5, 0.6) is 0 Å². The minimum absolute atomic E-state index is 0.0678. The second kappa shape index (κ2) is 7.19. The van der Waals surface area contributed by atoms with Gasteiger partial charge in [-0.3, -0.25) is 14.8 Å². The second-order valence-electron chi connectivity index (χ2n) is 6.35. The summed E-state index contributed by atoms with van der Waals surface area (Å²) in [5.41, 5.74) is 0.0678. The molecule has 22 heavy (non-hydrogen) atoms. The lowest BCUT2D eigenvalue weighted by atomic mass is 9.80. The zero-order valence-corrected chi connectivity index (χ0v) is 12.9. The average Bonchev–Trinajstić information content (AvgIpc) is 3.04. The monoisotopic (exact) mass is 308 g/mol. The minimum Gasteiger partial charge on any atom is -0.381 e. The van der Waals surface area contributed by atoms with E-state index in [-0.39, 0.29) is 5.69 Å². The maximum atomic E-state index is 10.6. The molecule has 0 unspecified atom stereocenters.